The molecular weight excluding hydrogens is 214 g/mol. The standard InChI is InChI=1S/C14H23NO2/c1-5-15(9-11(2)3)10-12-6-7-14(17-4)13(16)8-12/h6-8,11,16H,5,9-10H2,1-4H3. The first-order valence-electron chi connectivity index (χ1n) is 6.15. The third-order valence-corrected chi connectivity index (χ3v) is 2.72. The molecule has 0 aliphatic heterocycles. The Morgan fingerprint density at radius 3 is 2.53 bits per heavy atom. The minimum absolute atomic E-state index is 0.214. The van der Waals surface area contributed by atoms with E-state index >= 15 is 0 Å². The Morgan fingerprint density at radius 1 is 1.35 bits per heavy atom. The zero-order valence-electron chi connectivity index (χ0n) is 11.2. The lowest BCUT2D eigenvalue weighted by Crippen LogP contribution is -2.27. The summed E-state index contributed by atoms with van der Waals surface area (Å²) in [6.45, 7) is 9.55. The largest absolute Gasteiger partial charge is 0.504 e. The number of methoxy groups -OCH3 is 1. The molecule has 0 saturated heterocycles. The summed E-state index contributed by atoms with van der Waals surface area (Å²) in [4.78, 5) is 2.37. The molecule has 0 aromatic heterocycles. The summed E-state index contributed by atoms with van der Waals surface area (Å²) < 4.78 is 5.03. The van der Waals surface area contributed by atoms with Crippen LogP contribution in [0.15, 0.2) is 18.2 Å². The molecule has 1 rings (SSSR count). The van der Waals surface area contributed by atoms with Gasteiger partial charge in [-0.1, -0.05) is 26.8 Å². The molecule has 0 radical (unpaired) electrons. The number of ether oxygens (including phenoxy) is 1. The Kier molecular flexibility index (Phi) is 5.29. The summed E-state index contributed by atoms with van der Waals surface area (Å²) >= 11 is 0. The monoisotopic (exact) mass is 237 g/mol. The van der Waals surface area contributed by atoms with Gasteiger partial charge in [0.25, 0.3) is 0 Å². The van der Waals surface area contributed by atoms with Crippen molar-refractivity contribution in [2.24, 2.45) is 5.92 Å². The van der Waals surface area contributed by atoms with E-state index in [0.717, 1.165) is 25.2 Å². The molecule has 1 aromatic carbocycles. The van der Waals surface area contributed by atoms with Gasteiger partial charge in [0.15, 0.2) is 11.5 Å². The van der Waals surface area contributed by atoms with Crippen LogP contribution in [-0.2, 0) is 6.54 Å². The fourth-order valence-corrected chi connectivity index (χ4v) is 1.91. The third-order valence-electron chi connectivity index (χ3n) is 2.72. The van der Waals surface area contributed by atoms with Crippen molar-refractivity contribution in [1.29, 1.82) is 0 Å². The Bertz CT molecular complexity index is 350. The third kappa shape index (κ3) is 4.27. The predicted octanol–water partition coefficient (Wildman–Crippen LogP) is 2.88. The Balaban J connectivity index is 2.69. The van der Waals surface area contributed by atoms with E-state index < -0.39 is 0 Å². The average molecular weight is 237 g/mol. The number of rotatable bonds is 6. The Hall–Kier alpha value is -1.22. The van der Waals surface area contributed by atoms with Crippen LogP contribution in [0.3, 0.4) is 0 Å². The highest BCUT2D eigenvalue weighted by atomic mass is 16.5. The topological polar surface area (TPSA) is 32.7 Å². The number of phenols is 1. The summed E-state index contributed by atoms with van der Waals surface area (Å²) in [7, 11) is 1.56. The molecule has 0 fully saturated rings. The summed E-state index contributed by atoms with van der Waals surface area (Å²) in [5, 5.41) is 9.72. The highest BCUT2D eigenvalue weighted by Gasteiger charge is 2.08. The molecule has 0 bridgehead atoms. The molecule has 0 saturated carbocycles. The van der Waals surface area contributed by atoms with Crippen LogP contribution >= 0.6 is 0 Å². The maximum Gasteiger partial charge on any atom is 0.160 e. The molecule has 0 amide bonds. The van der Waals surface area contributed by atoms with Crippen LogP contribution in [0, 0.1) is 5.92 Å². The first kappa shape index (κ1) is 13.8. The van der Waals surface area contributed by atoms with Gasteiger partial charge in [-0.25, -0.2) is 0 Å². The van der Waals surface area contributed by atoms with Crippen LogP contribution in [0.25, 0.3) is 0 Å². The van der Waals surface area contributed by atoms with Gasteiger partial charge in [-0.15, -0.1) is 0 Å². The zero-order chi connectivity index (χ0) is 12.8. The molecule has 17 heavy (non-hydrogen) atoms. The summed E-state index contributed by atoms with van der Waals surface area (Å²) in [6.07, 6.45) is 0. The maximum atomic E-state index is 9.72. The van der Waals surface area contributed by atoms with E-state index in [2.05, 4.69) is 25.7 Å². The van der Waals surface area contributed by atoms with Gasteiger partial charge in [0.2, 0.25) is 0 Å². The minimum Gasteiger partial charge on any atom is -0.504 e. The molecule has 1 N–H and O–H groups in total. The molecular formula is C14H23NO2. The van der Waals surface area contributed by atoms with Gasteiger partial charge in [0.05, 0.1) is 7.11 Å². The predicted molar refractivity (Wildman–Crippen MR) is 70.4 cm³/mol. The second-order valence-corrected chi connectivity index (χ2v) is 4.73. The van der Waals surface area contributed by atoms with Crippen molar-refractivity contribution in [1.82, 2.24) is 4.90 Å². The van der Waals surface area contributed by atoms with Crippen LogP contribution in [0.4, 0.5) is 0 Å². The lowest BCUT2D eigenvalue weighted by Gasteiger charge is -2.22. The zero-order valence-corrected chi connectivity index (χ0v) is 11.2. The van der Waals surface area contributed by atoms with E-state index in [0.29, 0.717) is 11.7 Å². The van der Waals surface area contributed by atoms with Gasteiger partial charge in [0.1, 0.15) is 0 Å². The molecule has 3 heteroatoms. The van der Waals surface area contributed by atoms with E-state index in [1.165, 1.54) is 0 Å². The first-order valence-corrected chi connectivity index (χ1v) is 6.15. The van der Waals surface area contributed by atoms with Crippen LogP contribution in [0.5, 0.6) is 11.5 Å². The van der Waals surface area contributed by atoms with Crippen molar-refractivity contribution in [2.45, 2.75) is 27.3 Å². The van der Waals surface area contributed by atoms with Gasteiger partial charge in [0, 0.05) is 13.1 Å². The minimum atomic E-state index is 0.214. The molecule has 0 aliphatic carbocycles. The van der Waals surface area contributed by atoms with E-state index in [1.807, 2.05) is 12.1 Å². The van der Waals surface area contributed by atoms with Gasteiger partial charge < -0.3 is 9.84 Å². The van der Waals surface area contributed by atoms with Crippen LogP contribution in [0.1, 0.15) is 26.3 Å². The normalized spacial score (nSPS) is 11.2. The van der Waals surface area contributed by atoms with Crippen molar-refractivity contribution < 1.29 is 9.84 Å². The lowest BCUT2D eigenvalue weighted by atomic mass is 10.1. The van der Waals surface area contributed by atoms with Crippen LogP contribution in [-0.4, -0.2) is 30.2 Å². The molecule has 1 aromatic rings. The number of nitrogens with zero attached hydrogens (tertiary/aromatic N) is 1. The number of hydrogen-bond donors (Lipinski definition) is 1. The molecule has 0 aliphatic rings. The number of hydrogen-bond acceptors (Lipinski definition) is 3. The highest BCUT2D eigenvalue weighted by molar-refractivity contribution is 5.41. The van der Waals surface area contributed by atoms with Crippen molar-refractivity contribution >= 4 is 0 Å². The Labute approximate surface area is 104 Å². The SMILES string of the molecule is CCN(Cc1ccc(OC)c(O)c1)CC(C)C. The molecule has 96 valence electrons. The van der Waals surface area contributed by atoms with E-state index in [9.17, 15) is 5.11 Å². The maximum absolute atomic E-state index is 9.72. The van der Waals surface area contributed by atoms with Crippen molar-refractivity contribution in [3.63, 3.8) is 0 Å². The lowest BCUT2D eigenvalue weighted by molar-refractivity contribution is 0.248. The molecule has 0 unspecified atom stereocenters. The average Bonchev–Trinajstić information content (AvgIpc) is 2.27. The molecule has 0 spiro atoms. The quantitative estimate of drug-likeness (QED) is 0.825. The van der Waals surface area contributed by atoms with Gasteiger partial charge in [-0.3, -0.25) is 4.90 Å². The molecule has 3 nitrogen and oxygen atoms in total. The number of benzene rings is 1. The van der Waals surface area contributed by atoms with Crippen LogP contribution < -0.4 is 4.74 Å². The second-order valence-electron chi connectivity index (χ2n) is 4.73. The summed E-state index contributed by atoms with van der Waals surface area (Å²) in [5.74, 6) is 1.40. The highest BCUT2D eigenvalue weighted by Crippen LogP contribution is 2.26. The van der Waals surface area contributed by atoms with Crippen LogP contribution in [0.2, 0.25) is 0 Å². The first-order chi connectivity index (χ1) is 8.06. The summed E-state index contributed by atoms with van der Waals surface area (Å²) in [5.41, 5.74) is 1.12. The molecule has 0 atom stereocenters. The van der Waals surface area contributed by atoms with Gasteiger partial charge in [-0.2, -0.15) is 0 Å². The van der Waals surface area contributed by atoms with E-state index in [-0.39, 0.29) is 5.75 Å². The van der Waals surface area contributed by atoms with E-state index in [1.54, 1.807) is 13.2 Å². The van der Waals surface area contributed by atoms with Gasteiger partial charge in [-0.05, 0) is 30.2 Å². The number of aromatic hydroxyl groups is 1. The smallest absolute Gasteiger partial charge is 0.160 e. The van der Waals surface area contributed by atoms with Gasteiger partial charge >= 0.3 is 0 Å². The van der Waals surface area contributed by atoms with Crippen molar-refractivity contribution in [3.8, 4) is 11.5 Å². The Morgan fingerprint density at radius 2 is 2.06 bits per heavy atom. The fourth-order valence-electron chi connectivity index (χ4n) is 1.91. The van der Waals surface area contributed by atoms with E-state index in [4.69, 9.17) is 4.74 Å². The second kappa shape index (κ2) is 6.50. The van der Waals surface area contributed by atoms with Crippen molar-refractivity contribution in [2.75, 3.05) is 20.2 Å². The fraction of sp³-hybridized carbons (Fsp3) is 0.571. The summed E-state index contributed by atoms with van der Waals surface area (Å²) in [6, 6.07) is 5.59. The number of phenolic OH excluding ortho intramolecular Hbond substituents is 1. The van der Waals surface area contributed by atoms with Crippen molar-refractivity contribution in [3.05, 3.63) is 23.8 Å². The molecule has 0 heterocycles.